The molecule has 1 aromatic heterocycles. The normalized spacial score (nSPS) is 11.9. The van der Waals surface area contributed by atoms with E-state index in [0.29, 0.717) is 12.1 Å². The summed E-state index contributed by atoms with van der Waals surface area (Å²) < 4.78 is 39.4. The van der Waals surface area contributed by atoms with E-state index in [9.17, 15) is 27.6 Å². The number of benzene rings is 1. The summed E-state index contributed by atoms with van der Waals surface area (Å²) in [4.78, 5) is 43.1. The number of amides is 2. The molecule has 2 amide bonds. The first-order valence-electron chi connectivity index (χ1n) is 9.18. The number of aliphatic carboxylic acids is 1. The highest BCUT2D eigenvalue weighted by atomic mass is 35.5. The summed E-state index contributed by atoms with van der Waals surface area (Å²) in [6, 6.07) is 2.44. The van der Waals surface area contributed by atoms with Crippen LogP contribution in [0.5, 0.6) is 0 Å². The predicted octanol–water partition coefficient (Wildman–Crippen LogP) is 2.37. The lowest BCUT2D eigenvalue weighted by atomic mass is 10.1. The summed E-state index contributed by atoms with van der Waals surface area (Å²) >= 11 is 11.6. The molecule has 7 N–H and O–H groups in total. The first kappa shape index (κ1) is 26.7. The highest BCUT2D eigenvalue weighted by Gasteiger charge is 2.32. The minimum Gasteiger partial charge on any atom is -0.481 e. The highest BCUT2D eigenvalue weighted by Crippen LogP contribution is 2.33. The summed E-state index contributed by atoms with van der Waals surface area (Å²) in [6.45, 7) is -0.683. The van der Waals surface area contributed by atoms with Crippen molar-refractivity contribution >= 4 is 52.6 Å². The molecule has 34 heavy (non-hydrogen) atoms. The second kappa shape index (κ2) is 11.0. The van der Waals surface area contributed by atoms with Crippen LogP contribution >= 0.6 is 23.2 Å². The van der Waals surface area contributed by atoms with E-state index in [1.165, 1.54) is 12.3 Å². The third-order valence-electron chi connectivity index (χ3n) is 4.11. The molecule has 0 saturated carbocycles. The molecular formula is C19H17Cl2F3N6O4. The Morgan fingerprint density at radius 1 is 1.15 bits per heavy atom. The van der Waals surface area contributed by atoms with E-state index in [2.05, 4.69) is 20.6 Å². The Labute approximate surface area is 200 Å². The maximum Gasteiger partial charge on any atom is 0.416 e. The number of nitrogens with one attached hydrogen (secondary N) is 2. The first-order valence-corrected chi connectivity index (χ1v) is 9.94. The number of carbonyl (C=O) groups is 3. The predicted molar refractivity (Wildman–Crippen MR) is 117 cm³/mol. The average molecular weight is 521 g/mol. The van der Waals surface area contributed by atoms with Crippen LogP contribution in [0, 0.1) is 0 Å². The third kappa shape index (κ3) is 7.78. The monoisotopic (exact) mass is 520 g/mol. The number of hydrogen-bond donors (Lipinski definition) is 5. The van der Waals surface area contributed by atoms with Crippen LogP contribution in [-0.2, 0) is 15.8 Å². The summed E-state index contributed by atoms with van der Waals surface area (Å²) in [6.07, 6.45) is -4.12. The fourth-order valence-corrected chi connectivity index (χ4v) is 2.96. The molecule has 2 aromatic rings. The van der Waals surface area contributed by atoms with Crippen LogP contribution in [0.25, 0.3) is 0 Å². The van der Waals surface area contributed by atoms with E-state index in [0.717, 1.165) is 6.07 Å². The van der Waals surface area contributed by atoms with Gasteiger partial charge in [0.2, 0.25) is 5.91 Å². The average Bonchev–Trinajstić information content (AvgIpc) is 2.71. The van der Waals surface area contributed by atoms with E-state index in [1.807, 2.05) is 0 Å². The van der Waals surface area contributed by atoms with Crippen LogP contribution in [0.15, 0.2) is 35.5 Å². The number of aliphatic imine (C=N–C) groups is 1. The van der Waals surface area contributed by atoms with Gasteiger partial charge >= 0.3 is 12.1 Å². The molecule has 0 fully saturated rings. The van der Waals surface area contributed by atoms with Gasteiger partial charge in [0.15, 0.2) is 5.96 Å². The van der Waals surface area contributed by atoms with Crippen molar-refractivity contribution in [3.05, 3.63) is 57.3 Å². The van der Waals surface area contributed by atoms with E-state index in [-0.39, 0.29) is 21.4 Å². The van der Waals surface area contributed by atoms with Crippen molar-refractivity contribution in [3.8, 4) is 0 Å². The molecule has 1 heterocycles. The van der Waals surface area contributed by atoms with Crippen LogP contribution in [0.2, 0.25) is 10.2 Å². The number of carbonyl (C=O) groups excluding carboxylic acids is 2. The van der Waals surface area contributed by atoms with Gasteiger partial charge in [0.1, 0.15) is 5.15 Å². The van der Waals surface area contributed by atoms with Crippen LogP contribution in [-0.4, -0.2) is 40.4 Å². The molecule has 1 aromatic carbocycles. The van der Waals surface area contributed by atoms with Gasteiger partial charge in [0.05, 0.1) is 35.3 Å². The molecular weight excluding hydrogens is 504 g/mol. The zero-order valence-electron chi connectivity index (χ0n) is 17.0. The number of guanidine groups is 1. The maximum atomic E-state index is 13.1. The Morgan fingerprint density at radius 2 is 1.82 bits per heavy atom. The molecule has 15 heteroatoms. The van der Waals surface area contributed by atoms with Crippen molar-refractivity contribution in [2.45, 2.75) is 18.6 Å². The SMILES string of the molecule is NC(N)=Nc1cc(C(=O)NCC(=O)NC(CC(=O)O)c2cnc(Cl)c(Cl)c2)cc(C(F)(F)F)c1. The Hall–Kier alpha value is -3.58. The number of hydrogen-bond acceptors (Lipinski definition) is 5. The van der Waals surface area contributed by atoms with Crippen LogP contribution < -0.4 is 22.1 Å². The van der Waals surface area contributed by atoms with Crippen molar-refractivity contribution in [3.63, 3.8) is 0 Å². The van der Waals surface area contributed by atoms with Crippen LogP contribution in [0.4, 0.5) is 18.9 Å². The van der Waals surface area contributed by atoms with Crippen molar-refractivity contribution in [1.29, 1.82) is 0 Å². The quantitative estimate of drug-likeness (QED) is 0.202. The smallest absolute Gasteiger partial charge is 0.416 e. The Bertz CT molecular complexity index is 1140. The lowest BCUT2D eigenvalue weighted by Crippen LogP contribution is -2.39. The molecule has 2 rings (SSSR count). The number of carboxylic acid groups (broad SMARTS) is 1. The minimum absolute atomic E-state index is 0.0261. The Morgan fingerprint density at radius 3 is 2.38 bits per heavy atom. The van der Waals surface area contributed by atoms with Crippen molar-refractivity contribution in [2.75, 3.05) is 6.54 Å². The molecule has 182 valence electrons. The molecule has 0 radical (unpaired) electrons. The number of nitrogens with zero attached hydrogens (tertiary/aromatic N) is 2. The highest BCUT2D eigenvalue weighted by molar-refractivity contribution is 6.41. The van der Waals surface area contributed by atoms with E-state index < -0.39 is 60.1 Å². The molecule has 0 aliphatic rings. The topological polar surface area (TPSA) is 173 Å². The lowest BCUT2D eigenvalue weighted by Gasteiger charge is -2.18. The largest absolute Gasteiger partial charge is 0.481 e. The minimum atomic E-state index is -4.79. The van der Waals surface area contributed by atoms with Crippen LogP contribution in [0.3, 0.4) is 0 Å². The van der Waals surface area contributed by atoms with Crippen LogP contribution in [0.1, 0.15) is 33.9 Å². The third-order valence-corrected chi connectivity index (χ3v) is 4.79. The molecule has 0 spiro atoms. The molecule has 0 saturated heterocycles. The summed E-state index contributed by atoms with van der Waals surface area (Å²) in [7, 11) is 0. The number of pyridine rings is 1. The van der Waals surface area contributed by atoms with Gasteiger partial charge in [0, 0.05) is 11.8 Å². The molecule has 1 atom stereocenters. The maximum absolute atomic E-state index is 13.1. The zero-order valence-corrected chi connectivity index (χ0v) is 18.5. The molecule has 0 aliphatic heterocycles. The summed E-state index contributed by atoms with van der Waals surface area (Å²) in [5.74, 6) is -3.63. The number of carboxylic acids is 1. The van der Waals surface area contributed by atoms with Gasteiger partial charge in [-0.2, -0.15) is 13.2 Å². The second-order valence-electron chi connectivity index (χ2n) is 6.74. The number of rotatable bonds is 8. The standard InChI is InChI=1S/C19H17Cl2F3N6O4/c20-12-3-9(6-27-16(12)21)13(5-15(32)33)30-14(31)7-28-17(34)8-1-10(19(22,23)24)4-11(2-8)29-18(25)26/h1-4,6,13H,5,7H2,(H,28,34)(H,30,31)(H,32,33)(H4,25,26,29). The summed E-state index contributed by atoms with van der Waals surface area (Å²) in [5.41, 5.74) is 8.64. The lowest BCUT2D eigenvalue weighted by molar-refractivity contribution is -0.138. The number of halogens is 5. The fraction of sp³-hybridized carbons (Fsp3) is 0.211. The number of aromatic nitrogens is 1. The molecule has 1 unspecified atom stereocenters. The van der Waals surface area contributed by atoms with Gasteiger partial charge in [-0.05, 0) is 29.8 Å². The summed E-state index contributed by atoms with van der Waals surface area (Å²) in [5, 5.41) is 13.6. The van der Waals surface area contributed by atoms with Gasteiger partial charge in [-0.15, -0.1) is 0 Å². The zero-order chi connectivity index (χ0) is 25.6. The molecule has 0 bridgehead atoms. The van der Waals surface area contributed by atoms with Gasteiger partial charge in [0.25, 0.3) is 5.91 Å². The van der Waals surface area contributed by atoms with Gasteiger partial charge in [-0.3, -0.25) is 14.4 Å². The first-order chi connectivity index (χ1) is 15.8. The Kier molecular flexibility index (Phi) is 8.65. The van der Waals surface area contributed by atoms with E-state index in [1.54, 1.807) is 0 Å². The number of alkyl halides is 3. The second-order valence-corrected chi connectivity index (χ2v) is 7.51. The number of nitrogens with two attached hydrogens (primary N) is 2. The van der Waals surface area contributed by atoms with Crippen molar-refractivity contribution in [1.82, 2.24) is 15.6 Å². The molecule has 0 aliphatic carbocycles. The Balaban J connectivity index is 2.16. The van der Waals surface area contributed by atoms with E-state index >= 15 is 0 Å². The fourth-order valence-electron chi connectivity index (χ4n) is 2.68. The van der Waals surface area contributed by atoms with Crippen molar-refractivity contribution in [2.24, 2.45) is 16.5 Å². The molecule has 10 nitrogen and oxygen atoms in total. The van der Waals surface area contributed by atoms with Gasteiger partial charge in [-0.1, -0.05) is 23.2 Å². The van der Waals surface area contributed by atoms with E-state index in [4.69, 9.17) is 39.8 Å². The van der Waals surface area contributed by atoms with Gasteiger partial charge in [-0.25, -0.2) is 9.98 Å². The van der Waals surface area contributed by atoms with Crippen molar-refractivity contribution < 1.29 is 32.7 Å². The van der Waals surface area contributed by atoms with Gasteiger partial charge < -0.3 is 27.2 Å².